The molecule has 150 valence electrons. The average Bonchev–Trinajstić information content (AvgIpc) is 3.18. The monoisotopic (exact) mass is 466 g/mol. The minimum Gasteiger partial charge on any atom is -0.147 e. The van der Waals surface area contributed by atoms with E-state index in [2.05, 4.69) is 99.5 Å². The summed E-state index contributed by atoms with van der Waals surface area (Å²) in [5.41, 5.74) is 7.82. The van der Waals surface area contributed by atoms with E-state index in [1.54, 1.807) is 15.0 Å². The Labute approximate surface area is 185 Å². The van der Waals surface area contributed by atoms with Crippen molar-refractivity contribution in [1.29, 1.82) is 0 Å². The molecular formula is C24H32Cl2SiTi. The second-order valence-electron chi connectivity index (χ2n) is 10.2. The summed E-state index contributed by atoms with van der Waals surface area (Å²) in [6.45, 7) is 7.01. The largest absolute Gasteiger partial charge is 0.147 e. The van der Waals surface area contributed by atoms with Crippen LogP contribution in [0.1, 0.15) is 42.5 Å². The number of fused-ring (bicyclic) bond motifs is 3. The summed E-state index contributed by atoms with van der Waals surface area (Å²) in [6.07, 6.45) is 6.22. The maximum atomic E-state index is 2.66. The summed E-state index contributed by atoms with van der Waals surface area (Å²) in [5, 5.41) is 5.31. The molecule has 0 atom stereocenters. The molecule has 4 rings (SSSR count). The third kappa shape index (κ3) is 3.66. The summed E-state index contributed by atoms with van der Waals surface area (Å²) < 4.78 is 2.33. The second kappa shape index (κ2) is 7.60. The first-order valence-electron chi connectivity index (χ1n) is 9.75. The molecule has 0 radical (unpaired) electrons. The van der Waals surface area contributed by atoms with E-state index in [1.807, 2.05) is 0 Å². The Hall–Kier alpha value is -0.569. The number of halogens is 2. The Morgan fingerprint density at radius 1 is 0.857 bits per heavy atom. The van der Waals surface area contributed by atoms with Gasteiger partial charge >= 0.3 is 161 Å². The van der Waals surface area contributed by atoms with Crippen LogP contribution < -0.4 is 0 Å². The number of allylic oxidation sites excluding steroid dienone is 4. The Morgan fingerprint density at radius 2 is 1.32 bits per heavy atom. The van der Waals surface area contributed by atoms with Gasteiger partial charge < -0.3 is 0 Å². The van der Waals surface area contributed by atoms with Crippen LogP contribution in [0.4, 0.5) is 0 Å². The summed E-state index contributed by atoms with van der Waals surface area (Å²) in [4.78, 5) is 0. The van der Waals surface area contributed by atoms with Crippen LogP contribution in [0.3, 0.4) is 0 Å². The first-order chi connectivity index (χ1) is 12.1. The zero-order valence-electron chi connectivity index (χ0n) is 17.6. The fraction of sp³-hybridized carbons (Fsp3) is 0.333. The van der Waals surface area contributed by atoms with Crippen molar-refractivity contribution in [3.05, 3.63) is 81.3 Å². The molecule has 0 aliphatic heterocycles. The normalized spacial score (nSPS) is 16.4. The summed E-state index contributed by atoms with van der Waals surface area (Å²) >= 11 is -2.95. The van der Waals surface area contributed by atoms with Gasteiger partial charge in [-0.05, 0) is 0 Å². The van der Waals surface area contributed by atoms with Crippen molar-refractivity contribution in [2.45, 2.75) is 41.9 Å². The quantitative estimate of drug-likeness (QED) is 0.410. The van der Waals surface area contributed by atoms with Gasteiger partial charge in [-0.15, -0.1) is 24.8 Å². The third-order valence-corrected chi connectivity index (χ3v) is 17.8. The van der Waals surface area contributed by atoms with Gasteiger partial charge in [0.15, 0.2) is 0 Å². The van der Waals surface area contributed by atoms with Gasteiger partial charge in [0.1, 0.15) is 0 Å². The molecule has 0 unspecified atom stereocenters. The van der Waals surface area contributed by atoms with Gasteiger partial charge in [-0.1, -0.05) is 0 Å². The molecule has 0 nitrogen and oxygen atoms in total. The Balaban J connectivity index is 0.00000140. The van der Waals surface area contributed by atoms with Crippen molar-refractivity contribution >= 4 is 32.4 Å². The molecule has 0 saturated carbocycles. The molecule has 0 spiro atoms. The zero-order valence-corrected chi connectivity index (χ0v) is 22.2. The van der Waals surface area contributed by atoms with Crippen LogP contribution in [0.25, 0.3) is 11.1 Å². The first kappa shape index (κ1) is 23.7. The molecule has 2 aliphatic carbocycles. The van der Waals surface area contributed by atoms with Crippen molar-refractivity contribution in [2.24, 2.45) is 5.41 Å². The van der Waals surface area contributed by atoms with E-state index in [-0.39, 0.29) is 30.2 Å². The molecule has 4 heteroatoms. The van der Waals surface area contributed by atoms with E-state index in [9.17, 15) is 0 Å². The van der Waals surface area contributed by atoms with Crippen LogP contribution in [0.2, 0.25) is 10.5 Å². The van der Waals surface area contributed by atoms with Crippen molar-refractivity contribution in [3.63, 3.8) is 0 Å². The van der Waals surface area contributed by atoms with Gasteiger partial charge in [-0.3, -0.25) is 0 Å². The van der Waals surface area contributed by atoms with Gasteiger partial charge in [0, 0.05) is 0 Å². The van der Waals surface area contributed by atoms with Crippen molar-refractivity contribution in [2.75, 3.05) is 0 Å². The van der Waals surface area contributed by atoms with E-state index in [0.29, 0.717) is 4.22 Å². The summed E-state index contributed by atoms with van der Waals surface area (Å²) in [6, 6.07) is 18.3. The van der Waals surface area contributed by atoms with Gasteiger partial charge in [0.05, 0.1) is 0 Å². The SMILES string of the molecule is CC(C)(C)C1=CC[C]([Ti]([CH3])([CH3])(=[SiH2])[CH]2c3ccccc3-c3ccccc32)=C1.Cl.Cl. The zero-order chi connectivity index (χ0) is 18.8. The van der Waals surface area contributed by atoms with Gasteiger partial charge in [0.2, 0.25) is 0 Å². The topological polar surface area (TPSA) is 0 Å². The minimum atomic E-state index is -2.95. The Kier molecular flexibility index (Phi) is 6.43. The molecule has 2 aromatic carbocycles. The van der Waals surface area contributed by atoms with Gasteiger partial charge in [0.25, 0.3) is 0 Å². The van der Waals surface area contributed by atoms with E-state index < -0.39 is 14.0 Å². The molecule has 0 amide bonds. The number of hydrogen-bond donors (Lipinski definition) is 0. The van der Waals surface area contributed by atoms with Crippen LogP contribution in [0.15, 0.2) is 70.1 Å². The molecule has 28 heavy (non-hydrogen) atoms. The summed E-state index contributed by atoms with van der Waals surface area (Å²) in [5.74, 6) is 0. The van der Waals surface area contributed by atoms with Gasteiger partial charge in [-0.2, -0.15) is 0 Å². The fourth-order valence-corrected chi connectivity index (χ4v) is 14.5. The van der Waals surface area contributed by atoms with Crippen molar-refractivity contribution < 1.29 is 14.0 Å². The van der Waals surface area contributed by atoms with Crippen LogP contribution in [-0.4, -0.2) is 7.63 Å². The molecule has 0 aromatic heterocycles. The van der Waals surface area contributed by atoms with Crippen LogP contribution in [0.5, 0.6) is 0 Å². The molecule has 0 fully saturated rings. The number of hydrogen-bond acceptors (Lipinski definition) is 0. The molecule has 2 aromatic rings. The minimum absolute atomic E-state index is 0. The third-order valence-electron chi connectivity index (χ3n) is 6.55. The Morgan fingerprint density at radius 3 is 1.75 bits per heavy atom. The van der Waals surface area contributed by atoms with Crippen molar-refractivity contribution in [3.8, 4) is 11.1 Å². The predicted octanol–water partition coefficient (Wildman–Crippen LogP) is 7.19. The first-order valence-corrected chi connectivity index (χ1v) is 18.6. The summed E-state index contributed by atoms with van der Waals surface area (Å²) in [7, 11) is 2.38. The smallest absolute Gasteiger partial charge is 0.147 e. The number of rotatable bonds is 2. The van der Waals surface area contributed by atoms with Gasteiger partial charge in [-0.25, -0.2) is 0 Å². The molecular weight excluding hydrogens is 435 g/mol. The van der Waals surface area contributed by atoms with E-state index >= 15 is 0 Å². The molecule has 0 saturated heterocycles. The average molecular weight is 467 g/mol. The van der Waals surface area contributed by atoms with Crippen molar-refractivity contribution in [1.82, 2.24) is 0 Å². The van der Waals surface area contributed by atoms with E-state index in [4.69, 9.17) is 0 Å². The molecule has 0 bridgehead atoms. The second-order valence-corrected chi connectivity index (χ2v) is 29.9. The van der Waals surface area contributed by atoms with Crippen LogP contribution >= 0.6 is 24.8 Å². The fourth-order valence-electron chi connectivity index (χ4n) is 4.96. The van der Waals surface area contributed by atoms with E-state index in [0.717, 1.165) is 6.42 Å². The van der Waals surface area contributed by atoms with Crippen LogP contribution in [-0.2, 0) is 14.0 Å². The molecule has 0 heterocycles. The molecule has 2 aliphatic rings. The predicted molar refractivity (Wildman–Crippen MR) is 129 cm³/mol. The standard InChI is InChI=1S/C13H9.C9H13.2CH3.2ClH.H2Si.Ti/c1-3-7-12-10(5-1)9-11-6-2-4-8-13(11)12;1-9(2,3)8-6-4-5-7-8;;;;;;/h1-9H;6-7H,4H2,1-3H3;2*1H3;2*1H;1H2;. The maximum absolute atomic E-state index is 2.95. The maximum Gasteiger partial charge on any atom is -0.147 e. The Bertz CT molecular complexity index is 989. The number of benzene rings is 2. The van der Waals surface area contributed by atoms with Crippen LogP contribution in [0, 0.1) is 5.41 Å². The molecule has 0 N–H and O–H groups in total. The van der Waals surface area contributed by atoms with E-state index in [1.165, 1.54) is 16.7 Å².